The Bertz CT molecular complexity index is 139. The number of ether oxygens (including phenoxy) is 1. The SMILES string of the molecule is CCOC(=O)N[C@H](C)[C@@H](O)CO. The second-order valence-corrected chi connectivity index (χ2v) is 2.40. The van der Waals surface area contributed by atoms with Gasteiger partial charge in [-0.2, -0.15) is 0 Å². The Morgan fingerprint density at radius 1 is 1.67 bits per heavy atom. The zero-order valence-corrected chi connectivity index (χ0v) is 7.28. The van der Waals surface area contributed by atoms with Crippen LogP contribution in [0.4, 0.5) is 4.79 Å². The van der Waals surface area contributed by atoms with Gasteiger partial charge in [-0.05, 0) is 13.8 Å². The maximum atomic E-state index is 10.7. The normalized spacial score (nSPS) is 15.0. The number of aliphatic hydroxyl groups excluding tert-OH is 2. The summed E-state index contributed by atoms with van der Waals surface area (Å²) < 4.78 is 4.56. The quantitative estimate of drug-likeness (QED) is 0.539. The lowest BCUT2D eigenvalue weighted by Crippen LogP contribution is -2.42. The number of nitrogens with one attached hydrogen (secondary N) is 1. The number of hydrogen-bond donors (Lipinski definition) is 3. The van der Waals surface area contributed by atoms with E-state index in [0.29, 0.717) is 0 Å². The summed E-state index contributed by atoms with van der Waals surface area (Å²) in [6.45, 7) is 3.17. The van der Waals surface area contributed by atoms with Crippen LogP contribution in [0.1, 0.15) is 13.8 Å². The fraction of sp³-hybridized carbons (Fsp3) is 0.857. The van der Waals surface area contributed by atoms with Gasteiger partial charge in [-0.3, -0.25) is 0 Å². The molecular formula is C7H15NO4. The largest absolute Gasteiger partial charge is 0.450 e. The first-order valence-electron chi connectivity index (χ1n) is 3.84. The number of carbonyl (C=O) groups excluding carboxylic acids is 1. The maximum Gasteiger partial charge on any atom is 0.407 e. The first kappa shape index (κ1) is 11.2. The van der Waals surface area contributed by atoms with Crippen LogP contribution in [0.3, 0.4) is 0 Å². The van der Waals surface area contributed by atoms with Crippen molar-refractivity contribution in [2.24, 2.45) is 0 Å². The summed E-state index contributed by atoms with van der Waals surface area (Å²) in [7, 11) is 0. The average Bonchev–Trinajstić information content (AvgIpc) is 2.03. The van der Waals surface area contributed by atoms with Crippen LogP contribution in [-0.2, 0) is 4.74 Å². The molecule has 0 bridgehead atoms. The number of hydrogen-bond acceptors (Lipinski definition) is 4. The van der Waals surface area contributed by atoms with E-state index in [1.54, 1.807) is 13.8 Å². The summed E-state index contributed by atoms with van der Waals surface area (Å²) >= 11 is 0. The summed E-state index contributed by atoms with van der Waals surface area (Å²) in [6, 6.07) is -0.506. The first-order chi connectivity index (χ1) is 5.61. The van der Waals surface area contributed by atoms with Gasteiger partial charge in [-0.25, -0.2) is 4.79 Å². The van der Waals surface area contributed by atoms with E-state index < -0.39 is 18.2 Å². The van der Waals surface area contributed by atoms with Crippen LogP contribution in [0.2, 0.25) is 0 Å². The number of aliphatic hydroxyl groups is 2. The number of rotatable bonds is 4. The fourth-order valence-corrected chi connectivity index (χ4v) is 0.613. The Labute approximate surface area is 71.3 Å². The lowest BCUT2D eigenvalue weighted by Gasteiger charge is -2.17. The number of alkyl carbamates (subject to hydrolysis) is 1. The standard InChI is InChI=1S/C7H15NO4/c1-3-12-7(11)8-5(2)6(10)4-9/h5-6,9-10H,3-4H2,1-2H3,(H,8,11)/t5-,6+/m1/s1. The summed E-state index contributed by atoms with van der Waals surface area (Å²) in [4.78, 5) is 10.7. The maximum absolute atomic E-state index is 10.7. The topological polar surface area (TPSA) is 78.8 Å². The Kier molecular flexibility index (Phi) is 5.40. The fourth-order valence-electron chi connectivity index (χ4n) is 0.613. The monoisotopic (exact) mass is 177 g/mol. The van der Waals surface area contributed by atoms with E-state index >= 15 is 0 Å². The zero-order valence-electron chi connectivity index (χ0n) is 7.28. The molecule has 0 radical (unpaired) electrons. The molecule has 0 saturated heterocycles. The van der Waals surface area contributed by atoms with Crippen LogP contribution in [0.5, 0.6) is 0 Å². The van der Waals surface area contributed by atoms with Gasteiger partial charge in [-0.15, -0.1) is 0 Å². The third-order valence-corrected chi connectivity index (χ3v) is 1.39. The molecule has 2 atom stereocenters. The molecule has 0 aromatic rings. The molecule has 0 unspecified atom stereocenters. The molecule has 0 rings (SSSR count). The third kappa shape index (κ3) is 4.15. The van der Waals surface area contributed by atoms with E-state index in [2.05, 4.69) is 10.1 Å². The molecule has 3 N–H and O–H groups in total. The summed E-state index contributed by atoms with van der Waals surface area (Å²) in [5, 5.41) is 19.9. The molecule has 1 amide bonds. The van der Waals surface area contributed by atoms with Crippen molar-refractivity contribution in [3.05, 3.63) is 0 Å². The van der Waals surface area contributed by atoms with E-state index in [-0.39, 0.29) is 13.2 Å². The van der Waals surface area contributed by atoms with Gasteiger partial charge in [0.15, 0.2) is 0 Å². The van der Waals surface area contributed by atoms with Gasteiger partial charge in [0, 0.05) is 0 Å². The lowest BCUT2D eigenvalue weighted by molar-refractivity contribution is 0.0640. The molecule has 72 valence electrons. The van der Waals surface area contributed by atoms with Crippen molar-refractivity contribution in [2.45, 2.75) is 26.0 Å². The molecule has 5 nitrogen and oxygen atoms in total. The molecule has 0 heterocycles. The van der Waals surface area contributed by atoms with Gasteiger partial charge in [-0.1, -0.05) is 0 Å². The predicted octanol–water partition coefficient (Wildman–Crippen LogP) is -0.526. The Morgan fingerprint density at radius 2 is 2.25 bits per heavy atom. The minimum absolute atomic E-state index is 0.285. The highest BCUT2D eigenvalue weighted by Crippen LogP contribution is 1.91. The summed E-state index contributed by atoms with van der Waals surface area (Å²) in [5.74, 6) is 0. The lowest BCUT2D eigenvalue weighted by atomic mass is 10.2. The molecule has 0 fully saturated rings. The molecule has 0 spiro atoms. The van der Waals surface area contributed by atoms with E-state index in [4.69, 9.17) is 10.2 Å². The van der Waals surface area contributed by atoms with E-state index in [9.17, 15) is 4.79 Å². The van der Waals surface area contributed by atoms with Crippen LogP contribution in [0, 0.1) is 0 Å². The molecule has 0 aliphatic heterocycles. The Morgan fingerprint density at radius 3 is 2.67 bits per heavy atom. The van der Waals surface area contributed by atoms with Crippen molar-refractivity contribution in [2.75, 3.05) is 13.2 Å². The van der Waals surface area contributed by atoms with Crippen molar-refractivity contribution in [1.82, 2.24) is 5.32 Å². The van der Waals surface area contributed by atoms with Crippen LogP contribution < -0.4 is 5.32 Å². The van der Waals surface area contributed by atoms with Crippen molar-refractivity contribution in [3.63, 3.8) is 0 Å². The highest BCUT2D eigenvalue weighted by Gasteiger charge is 2.15. The molecule has 0 aromatic carbocycles. The molecule has 5 heteroatoms. The zero-order chi connectivity index (χ0) is 9.56. The van der Waals surface area contributed by atoms with Crippen LogP contribution in [0.15, 0.2) is 0 Å². The highest BCUT2D eigenvalue weighted by atomic mass is 16.5. The first-order valence-corrected chi connectivity index (χ1v) is 3.84. The molecule has 12 heavy (non-hydrogen) atoms. The Hall–Kier alpha value is -0.810. The van der Waals surface area contributed by atoms with Gasteiger partial charge in [0.1, 0.15) is 0 Å². The minimum Gasteiger partial charge on any atom is -0.450 e. The van der Waals surface area contributed by atoms with Crippen LogP contribution >= 0.6 is 0 Å². The van der Waals surface area contributed by atoms with Gasteiger partial charge >= 0.3 is 6.09 Å². The van der Waals surface area contributed by atoms with Crippen LogP contribution in [-0.4, -0.2) is 41.7 Å². The molecule has 0 saturated carbocycles. The summed E-state index contributed by atoms with van der Waals surface area (Å²) in [6.07, 6.45) is -1.54. The number of carbonyl (C=O) groups is 1. The summed E-state index contributed by atoms with van der Waals surface area (Å²) in [5.41, 5.74) is 0. The number of amides is 1. The predicted molar refractivity (Wildman–Crippen MR) is 42.7 cm³/mol. The van der Waals surface area contributed by atoms with E-state index in [1.165, 1.54) is 0 Å². The van der Waals surface area contributed by atoms with E-state index in [0.717, 1.165) is 0 Å². The second kappa shape index (κ2) is 5.79. The average molecular weight is 177 g/mol. The van der Waals surface area contributed by atoms with Crippen LogP contribution in [0.25, 0.3) is 0 Å². The second-order valence-electron chi connectivity index (χ2n) is 2.40. The smallest absolute Gasteiger partial charge is 0.407 e. The Balaban J connectivity index is 3.67. The van der Waals surface area contributed by atoms with Gasteiger partial charge in [0.05, 0.1) is 25.4 Å². The van der Waals surface area contributed by atoms with Crippen molar-refractivity contribution < 1.29 is 19.7 Å². The molecule has 0 aliphatic rings. The van der Waals surface area contributed by atoms with Gasteiger partial charge < -0.3 is 20.3 Å². The minimum atomic E-state index is -0.950. The van der Waals surface area contributed by atoms with Crippen molar-refractivity contribution in [3.8, 4) is 0 Å². The van der Waals surface area contributed by atoms with Crippen molar-refractivity contribution in [1.29, 1.82) is 0 Å². The van der Waals surface area contributed by atoms with Crippen molar-refractivity contribution >= 4 is 6.09 Å². The highest BCUT2D eigenvalue weighted by molar-refractivity contribution is 5.67. The van der Waals surface area contributed by atoms with Gasteiger partial charge in [0.25, 0.3) is 0 Å². The molecule has 0 aliphatic carbocycles. The molecular weight excluding hydrogens is 162 g/mol. The van der Waals surface area contributed by atoms with E-state index in [1.807, 2.05) is 0 Å². The molecule has 0 aromatic heterocycles. The third-order valence-electron chi connectivity index (χ3n) is 1.39. The van der Waals surface area contributed by atoms with Gasteiger partial charge in [0.2, 0.25) is 0 Å².